The van der Waals surface area contributed by atoms with E-state index in [1.165, 1.54) is 22.2 Å². The van der Waals surface area contributed by atoms with Crippen molar-refractivity contribution in [3.63, 3.8) is 0 Å². The van der Waals surface area contributed by atoms with Gasteiger partial charge in [-0.2, -0.15) is 0 Å². The van der Waals surface area contributed by atoms with E-state index in [9.17, 15) is 9.90 Å². The van der Waals surface area contributed by atoms with Gasteiger partial charge in [0.2, 0.25) is 5.91 Å². The van der Waals surface area contributed by atoms with Gasteiger partial charge in [-0.05, 0) is 68.2 Å². The topological polar surface area (TPSA) is 59.6 Å². The molecule has 2 aromatic carbocycles. The molecule has 2 heterocycles. The molecule has 5 heteroatoms. The summed E-state index contributed by atoms with van der Waals surface area (Å²) >= 11 is 0. The van der Waals surface area contributed by atoms with Gasteiger partial charge in [0.25, 0.3) is 0 Å². The minimum atomic E-state index is -0.475. The van der Waals surface area contributed by atoms with Crippen molar-refractivity contribution in [1.82, 2.24) is 14.8 Å². The number of carbonyl (C=O) groups excluding carboxylic acids is 1. The highest BCUT2D eigenvalue weighted by Gasteiger charge is 2.38. The van der Waals surface area contributed by atoms with Crippen LogP contribution >= 0.6 is 0 Å². The standard InChI is InChI=1S/C31H41N3O2/c1-21(2)30-29-26(25-11-7-8-12-27(25)32-29)17-18-34(30)31(36)24-15-13-23(14-16-24)20-33(3)28(35)19-22-9-5-4-6-10-22/h4-12,21,23-24,28,30,32,35H,13-20H2,1-3H3/t23-,24-,28?,30?. The fraction of sp³-hybridized carbons (Fsp3) is 0.516. The molecule has 1 aliphatic heterocycles. The quantitative estimate of drug-likeness (QED) is 0.430. The molecule has 1 saturated carbocycles. The molecule has 1 fully saturated rings. The lowest BCUT2D eigenvalue weighted by Crippen LogP contribution is -2.46. The minimum Gasteiger partial charge on any atom is -0.378 e. The predicted octanol–water partition coefficient (Wildman–Crippen LogP) is 5.55. The van der Waals surface area contributed by atoms with E-state index in [0.717, 1.165) is 50.8 Å². The molecule has 3 aromatic rings. The summed E-state index contributed by atoms with van der Waals surface area (Å²) in [5.74, 6) is 1.35. The fourth-order valence-electron chi connectivity index (χ4n) is 6.55. The maximum absolute atomic E-state index is 13.8. The number of nitrogens with zero attached hydrogens (tertiary/aromatic N) is 2. The molecule has 192 valence electrons. The highest BCUT2D eigenvalue weighted by molar-refractivity contribution is 5.86. The van der Waals surface area contributed by atoms with E-state index in [0.29, 0.717) is 24.2 Å². The largest absolute Gasteiger partial charge is 0.378 e. The van der Waals surface area contributed by atoms with Crippen LogP contribution in [0.15, 0.2) is 54.6 Å². The number of hydrogen-bond acceptors (Lipinski definition) is 3. The third-order valence-electron chi connectivity index (χ3n) is 8.51. The molecule has 1 amide bonds. The summed E-state index contributed by atoms with van der Waals surface area (Å²) in [5, 5.41) is 12.0. The van der Waals surface area contributed by atoms with Crippen molar-refractivity contribution in [1.29, 1.82) is 0 Å². The first-order valence-corrected chi connectivity index (χ1v) is 13.7. The van der Waals surface area contributed by atoms with Gasteiger partial charge < -0.3 is 15.0 Å². The van der Waals surface area contributed by atoms with Gasteiger partial charge >= 0.3 is 0 Å². The monoisotopic (exact) mass is 487 g/mol. The average molecular weight is 488 g/mol. The molecule has 5 nitrogen and oxygen atoms in total. The maximum atomic E-state index is 13.8. The Hall–Kier alpha value is -2.63. The van der Waals surface area contributed by atoms with E-state index in [1.54, 1.807) is 0 Å². The molecular weight excluding hydrogens is 446 g/mol. The van der Waals surface area contributed by atoms with Crippen molar-refractivity contribution in [2.45, 2.75) is 64.6 Å². The van der Waals surface area contributed by atoms with Crippen molar-refractivity contribution < 1.29 is 9.90 Å². The molecule has 0 saturated heterocycles. The van der Waals surface area contributed by atoms with Crippen LogP contribution in [-0.2, 0) is 17.6 Å². The number of hydrogen-bond donors (Lipinski definition) is 2. The Balaban J connectivity index is 1.19. The number of nitrogens with one attached hydrogen (secondary N) is 1. The van der Waals surface area contributed by atoms with Crippen molar-refractivity contribution >= 4 is 16.8 Å². The number of carbonyl (C=O) groups is 1. The number of H-pyrrole nitrogens is 1. The molecule has 1 aromatic heterocycles. The van der Waals surface area contributed by atoms with E-state index in [-0.39, 0.29) is 12.0 Å². The second kappa shape index (κ2) is 10.8. The molecule has 2 atom stereocenters. The molecule has 2 aliphatic rings. The lowest BCUT2D eigenvalue weighted by Gasteiger charge is -2.41. The molecule has 36 heavy (non-hydrogen) atoms. The number of aromatic amines is 1. The summed E-state index contributed by atoms with van der Waals surface area (Å²) in [6.07, 6.45) is 5.10. The van der Waals surface area contributed by atoms with Crippen LogP contribution in [0, 0.1) is 17.8 Å². The zero-order valence-corrected chi connectivity index (χ0v) is 22.0. The van der Waals surface area contributed by atoms with Crippen LogP contribution in [0.2, 0.25) is 0 Å². The molecule has 2 unspecified atom stereocenters. The van der Waals surface area contributed by atoms with Gasteiger partial charge in [-0.3, -0.25) is 9.69 Å². The lowest BCUT2D eigenvalue weighted by molar-refractivity contribution is -0.141. The van der Waals surface area contributed by atoms with Crippen molar-refractivity contribution in [2.24, 2.45) is 17.8 Å². The van der Waals surface area contributed by atoms with E-state index in [4.69, 9.17) is 0 Å². The Bertz CT molecular complexity index is 1160. The van der Waals surface area contributed by atoms with E-state index in [2.05, 4.69) is 65.0 Å². The smallest absolute Gasteiger partial charge is 0.226 e. The number of benzene rings is 2. The molecule has 5 rings (SSSR count). The zero-order valence-electron chi connectivity index (χ0n) is 22.0. The molecular formula is C31H41N3O2. The second-order valence-corrected chi connectivity index (χ2v) is 11.4. The van der Waals surface area contributed by atoms with Crippen LogP contribution in [0.1, 0.15) is 62.4 Å². The Labute approximate surface area is 215 Å². The van der Waals surface area contributed by atoms with Crippen LogP contribution in [0.5, 0.6) is 0 Å². The average Bonchev–Trinajstić information content (AvgIpc) is 3.27. The maximum Gasteiger partial charge on any atom is 0.226 e. The highest BCUT2D eigenvalue weighted by Crippen LogP contribution is 2.40. The number of aromatic nitrogens is 1. The number of likely N-dealkylation sites (N-methyl/N-ethyl adjacent to an activating group) is 1. The number of aliphatic hydroxyl groups is 1. The summed E-state index contributed by atoms with van der Waals surface area (Å²) in [6.45, 7) is 6.16. The summed E-state index contributed by atoms with van der Waals surface area (Å²) < 4.78 is 0. The minimum absolute atomic E-state index is 0.116. The summed E-state index contributed by atoms with van der Waals surface area (Å²) in [6, 6.07) is 18.8. The van der Waals surface area contributed by atoms with Gasteiger partial charge in [-0.15, -0.1) is 0 Å². The molecule has 0 radical (unpaired) electrons. The van der Waals surface area contributed by atoms with Crippen LogP contribution in [0.4, 0.5) is 0 Å². The first-order chi connectivity index (χ1) is 17.4. The van der Waals surface area contributed by atoms with Gasteiger partial charge in [0.1, 0.15) is 6.23 Å². The first-order valence-electron chi connectivity index (χ1n) is 13.7. The van der Waals surface area contributed by atoms with Crippen molar-refractivity contribution in [2.75, 3.05) is 20.1 Å². The fourth-order valence-corrected chi connectivity index (χ4v) is 6.55. The third kappa shape index (κ3) is 5.09. The number of rotatable bonds is 7. The normalized spacial score (nSPS) is 23.3. The van der Waals surface area contributed by atoms with Gasteiger partial charge in [-0.25, -0.2) is 0 Å². The molecule has 0 spiro atoms. The molecule has 1 aliphatic carbocycles. The summed E-state index contributed by atoms with van der Waals surface area (Å²) in [5.41, 5.74) is 4.98. The predicted molar refractivity (Wildman–Crippen MR) is 146 cm³/mol. The number of amides is 1. The van der Waals surface area contributed by atoms with Crippen molar-refractivity contribution in [3.8, 4) is 0 Å². The Morgan fingerprint density at radius 2 is 1.75 bits per heavy atom. The van der Waals surface area contributed by atoms with Gasteiger partial charge in [-0.1, -0.05) is 62.4 Å². The number of fused-ring (bicyclic) bond motifs is 3. The van der Waals surface area contributed by atoms with Crippen LogP contribution < -0.4 is 0 Å². The van der Waals surface area contributed by atoms with Crippen LogP contribution in [0.3, 0.4) is 0 Å². The van der Waals surface area contributed by atoms with E-state index in [1.807, 2.05) is 25.2 Å². The van der Waals surface area contributed by atoms with E-state index >= 15 is 0 Å². The third-order valence-corrected chi connectivity index (χ3v) is 8.51. The highest BCUT2D eigenvalue weighted by atomic mass is 16.3. The van der Waals surface area contributed by atoms with Gasteiger partial charge in [0, 0.05) is 42.0 Å². The summed E-state index contributed by atoms with van der Waals surface area (Å²) in [7, 11) is 2.02. The lowest BCUT2D eigenvalue weighted by atomic mass is 9.80. The Morgan fingerprint density at radius 1 is 1.06 bits per heavy atom. The second-order valence-electron chi connectivity index (χ2n) is 11.4. The van der Waals surface area contributed by atoms with Crippen LogP contribution in [0.25, 0.3) is 10.9 Å². The Kier molecular flexibility index (Phi) is 7.49. The van der Waals surface area contributed by atoms with E-state index < -0.39 is 6.23 Å². The van der Waals surface area contributed by atoms with Gasteiger partial charge in [0.15, 0.2) is 0 Å². The molecule has 0 bridgehead atoms. The van der Waals surface area contributed by atoms with Crippen molar-refractivity contribution in [3.05, 3.63) is 71.4 Å². The number of para-hydroxylation sites is 1. The molecule has 2 N–H and O–H groups in total. The zero-order chi connectivity index (χ0) is 25.2. The number of aliphatic hydroxyl groups excluding tert-OH is 1. The summed E-state index contributed by atoms with van der Waals surface area (Å²) in [4.78, 5) is 21.7. The SMILES string of the molecule is CC(C)C1c2[nH]c3ccccc3c2CCN1C(=O)[C@H]1CC[C@H](CN(C)C(O)Cc2ccccc2)CC1. The van der Waals surface area contributed by atoms with Crippen LogP contribution in [-0.4, -0.2) is 52.2 Å². The van der Waals surface area contributed by atoms with Gasteiger partial charge in [0.05, 0.1) is 6.04 Å². The Morgan fingerprint density at radius 3 is 2.47 bits per heavy atom. The first kappa shape index (κ1) is 25.0.